The average Bonchev–Trinajstić information content (AvgIpc) is 2.85. The van der Waals surface area contributed by atoms with Gasteiger partial charge in [-0.25, -0.2) is 0 Å². The number of rotatable bonds is 2. The molecule has 2 aromatic carbocycles. The van der Waals surface area contributed by atoms with Crippen LogP contribution in [0.5, 0.6) is 5.75 Å². The minimum atomic E-state index is 0.136. The molecule has 0 saturated carbocycles. The van der Waals surface area contributed by atoms with E-state index in [1.165, 1.54) is 30.2 Å². The second-order valence-electron chi connectivity index (χ2n) is 8.21. The van der Waals surface area contributed by atoms with Crippen molar-refractivity contribution in [1.82, 2.24) is 9.88 Å². The van der Waals surface area contributed by atoms with Crippen LogP contribution in [0.15, 0.2) is 83.7 Å². The Morgan fingerprint density at radius 3 is 2.47 bits per heavy atom. The van der Waals surface area contributed by atoms with Gasteiger partial charge in [0.15, 0.2) is 0 Å². The maximum absolute atomic E-state index is 12.0. The highest BCUT2D eigenvalue weighted by Gasteiger charge is 2.27. The van der Waals surface area contributed by atoms with Crippen LogP contribution in [-0.2, 0) is 4.79 Å². The van der Waals surface area contributed by atoms with Gasteiger partial charge in [-0.05, 0) is 73.6 Å². The number of benzene rings is 2. The Bertz CT molecular complexity index is 1080. The highest BCUT2D eigenvalue weighted by molar-refractivity contribution is 5.79. The Balaban J connectivity index is 0.000000203. The Kier molecular flexibility index (Phi) is 7.00. The predicted octanol–water partition coefficient (Wildman–Crippen LogP) is 6.39. The number of hydrogen-bond donors (Lipinski definition) is 0. The van der Waals surface area contributed by atoms with Crippen molar-refractivity contribution >= 4 is 22.9 Å². The van der Waals surface area contributed by atoms with Crippen LogP contribution in [0.1, 0.15) is 44.6 Å². The lowest BCUT2D eigenvalue weighted by atomic mass is 9.84. The molecule has 5 rings (SSSR count). The van der Waals surface area contributed by atoms with Crippen LogP contribution in [0, 0.1) is 0 Å². The summed E-state index contributed by atoms with van der Waals surface area (Å²) >= 11 is 0. The Morgan fingerprint density at radius 1 is 0.969 bits per heavy atom. The van der Waals surface area contributed by atoms with Gasteiger partial charge in [-0.2, -0.15) is 0 Å². The number of aromatic nitrogens is 1. The first-order chi connectivity index (χ1) is 15.7. The summed E-state index contributed by atoms with van der Waals surface area (Å²) in [6.45, 7) is 2.48. The van der Waals surface area contributed by atoms with Gasteiger partial charge in [0.2, 0.25) is 5.91 Å². The standard InChI is InChI=1S/C19H23NO2.C9H7N/c1-14(21)20-12-11-16-5-3-4-6-18(16)19(20)13-15-7-9-17(22-2)10-8-15;1-2-6-9-8(4-1)5-3-7-10-9/h7-10,13H,3-6,11-12H2,1-2H3;1-7H/b19-13-;. The summed E-state index contributed by atoms with van der Waals surface area (Å²) in [4.78, 5) is 18.1. The second kappa shape index (κ2) is 10.3. The minimum Gasteiger partial charge on any atom is -0.497 e. The van der Waals surface area contributed by atoms with Gasteiger partial charge in [0.05, 0.1) is 12.6 Å². The molecule has 32 heavy (non-hydrogen) atoms. The SMILES string of the molecule is COc1ccc(/C=C2/C3=C(CCCC3)CCN2C(C)=O)cc1.c1ccc2ncccc2c1. The van der Waals surface area contributed by atoms with Gasteiger partial charge in [0.25, 0.3) is 0 Å². The van der Waals surface area contributed by atoms with Crippen LogP contribution in [-0.4, -0.2) is 29.4 Å². The number of nitrogens with zero attached hydrogens (tertiary/aromatic N) is 2. The van der Waals surface area contributed by atoms with Crippen LogP contribution in [0.25, 0.3) is 17.0 Å². The zero-order chi connectivity index (χ0) is 22.3. The van der Waals surface area contributed by atoms with Crippen molar-refractivity contribution in [3.8, 4) is 5.75 Å². The number of methoxy groups -OCH3 is 1. The lowest BCUT2D eigenvalue weighted by Gasteiger charge is -2.35. The molecule has 4 heteroatoms. The van der Waals surface area contributed by atoms with Crippen LogP contribution in [0.4, 0.5) is 0 Å². The van der Waals surface area contributed by atoms with Crippen molar-refractivity contribution in [1.29, 1.82) is 0 Å². The summed E-state index contributed by atoms with van der Waals surface area (Å²) in [5.41, 5.74) is 6.25. The molecule has 4 nitrogen and oxygen atoms in total. The largest absolute Gasteiger partial charge is 0.497 e. The fourth-order valence-corrected chi connectivity index (χ4v) is 4.45. The van der Waals surface area contributed by atoms with Crippen molar-refractivity contribution in [2.24, 2.45) is 0 Å². The quantitative estimate of drug-likeness (QED) is 0.476. The number of fused-ring (bicyclic) bond motifs is 1. The highest BCUT2D eigenvalue weighted by Crippen LogP contribution is 2.38. The van der Waals surface area contributed by atoms with Crippen molar-refractivity contribution in [2.75, 3.05) is 13.7 Å². The molecule has 3 aromatic rings. The average molecular weight is 427 g/mol. The van der Waals surface area contributed by atoms with Gasteiger partial charge >= 0.3 is 0 Å². The summed E-state index contributed by atoms with van der Waals surface area (Å²) < 4.78 is 5.21. The summed E-state index contributed by atoms with van der Waals surface area (Å²) in [6, 6.07) is 20.1. The molecule has 1 amide bonds. The smallest absolute Gasteiger partial charge is 0.223 e. The first-order valence-corrected chi connectivity index (χ1v) is 11.3. The molecule has 164 valence electrons. The number of carbonyl (C=O) groups is 1. The number of para-hydroxylation sites is 1. The molecular weight excluding hydrogens is 396 g/mol. The molecule has 0 fully saturated rings. The molecule has 2 heterocycles. The number of amides is 1. The molecule has 0 unspecified atom stereocenters. The number of allylic oxidation sites excluding steroid dienone is 1. The molecule has 0 spiro atoms. The lowest BCUT2D eigenvalue weighted by Crippen LogP contribution is -2.34. The normalized spacial score (nSPS) is 16.9. The Morgan fingerprint density at radius 2 is 1.72 bits per heavy atom. The lowest BCUT2D eigenvalue weighted by molar-refractivity contribution is -0.126. The minimum absolute atomic E-state index is 0.136. The Labute approximate surface area is 190 Å². The topological polar surface area (TPSA) is 42.4 Å². The third-order valence-electron chi connectivity index (χ3n) is 6.13. The fourth-order valence-electron chi connectivity index (χ4n) is 4.45. The van der Waals surface area contributed by atoms with Crippen LogP contribution in [0.3, 0.4) is 0 Å². The summed E-state index contributed by atoms with van der Waals surface area (Å²) in [5, 5.41) is 1.20. The number of hydrogen-bond acceptors (Lipinski definition) is 3. The van der Waals surface area contributed by atoms with E-state index in [1.807, 2.05) is 59.6 Å². The van der Waals surface area contributed by atoms with Gasteiger partial charge in [-0.15, -0.1) is 0 Å². The maximum Gasteiger partial charge on any atom is 0.223 e. The van der Waals surface area contributed by atoms with E-state index in [4.69, 9.17) is 4.74 Å². The van der Waals surface area contributed by atoms with Crippen LogP contribution in [0.2, 0.25) is 0 Å². The van der Waals surface area contributed by atoms with Crippen LogP contribution < -0.4 is 4.74 Å². The van der Waals surface area contributed by atoms with Crippen molar-refractivity contribution < 1.29 is 9.53 Å². The van der Waals surface area contributed by atoms with E-state index < -0.39 is 0 Å². The van der Waals surface area contributed by atoms with Crippen molar-refractivity contribution in [2.45, 2.75) is 39.0 Å². The third kappa shape index (κ3) is 5.08. The zero-order valence-electron chi connectivity index (χ0n) is 18.9. The number of pyridine rings is 1. The van der Waals surface area contributed by atoms with E-state index in [0.717, 1.165) is 41.9 Å². The monoisotopic (exact) mass is 426 g/mol. The van der Waals surface area contributed by atoms with E-state index in [0.29, 0.717) is 0 Å². The third-order valence-corrected chi connectivity index (χ3v) is 6.13. The molecule has 1 aliphatic heterocycles. The first-order valence-electron chi connectivity index (χ1n) is 11.3. The van der Waals surface area contributed by atoms with E-state index in [-0.39, 0.29) is 5.91 Å². The summed E-state index contributed by atoms with van der Waals surface area (Å²) in [7, 11) is 1.67. The zero-order valence-corrected chi connectivity index (χ0v) is 18.9. The van der Waals surface area contributed by atoms with Gasteiger partial charge in [-0.1, -0.05) is 42.0 Å². The summed E-state index contributed by atoms with van der Waals surface area (Å²) in [5.74, 6) is 0.990. The molecule has 0 bridgehead atoms. The molecular formula is C28H30N2O2. The molecule has 0 N–H and O–H groups in total. The molecule has 0 radical (unpaired) electrons. The maximum atomic E-state index is 12.0. The van der Waals surface area contributed by atoms with Gasteiger partial charge < -0.3 is 9.64 Å². The van der Waals surface area contributed by atoms with Gasteiger partial charge in [0, 0.05) is 30.7 Å². The molecule has 0 atom stereocenters. The molecule has 1 aliphatic carbocycles. The number of ether oxygens (including phenoxy) is 1. The number of carbonyl (C=O) groups excluding carboxylic acids is 1. The van der Waals surface area contributed by atoms with E-state index in [9.17, 15) is 4.79 Å². The fraction of sp³-hybridized carbons (Fsp3) is 0.286. The Hall–Kier alpha value is -3.40. The molecule has 2 aliphatic rings. The molecule has 0 saturated heterocycles. The van der Waals surface area contributed by atoms with E-state index in [1.54, 1.807) is 19.6 Å². The highest BCUT2D eigenvalue weighted by atomic mass is 16.5. The van der Waals surface area contributed by atoms with Gasteiger partial charge in [-0.3, -0.25) is 9.78 Å². The summed E-state index contributed by atoms with van der Waals surface area (Å²) in [6.07, 6.45) is 9.80. The van der Waals surface area contributed by atoms with E-state index in [2.05, 4.69) is 23.2 Å². The molecule has 1 aromatic heterocycles. The van der Waals surface area contributed by atoms with Crippen LogP contribution >= 0.6 is 0 Å². The first kappa shape index (κ1) is 21.8. The van der Waals surface area contributed by atoms with Crippen molar-refractivity contribution in [3.63, 3.8) is 0 Å². The second-order valence-corrected chi connectivity index (χ2v) is 8.21. The predicted molar refractivity (Wildman–Crippen MR) is 130 cm³/mol. The van der Waals surface area contributed by atoms with E-state index >= 15 is 0 Å². The van der Waals surface area contributed by atoms with Gasteiger partial charge in [0.1, 0.15) is 5.75 Å². The van der Waals surface area contributed by atoms with Crippen molar-refractivity contribution in [3.05, 3.63) is 89.3 Å².